The third kappa shape index (κ3) is 4.73. The van der Waals surface area contributed by atoms with Crippen molar-refractivity contribution in [1.82, 2.24) is 15.5 Å². The summed E-state index contributed by atoms with van der Waals surface area (Å²) in [4.78, 5) is 18.8. The van der Waals surface area contributed by atoms with E-state index in [1.54, 1.807) is 0 Å². The molecule has 1 amide bonds. The number of guanidine groups is 1. The molecular formula is C16H29IN4O. The van der Waals surface area contributed by atoms with Crippen molar-refractivity contribution in [2.45, 2.75) is 51.0 Å². The molecule has 3 aliphatic rings. The molecule has 3 fully saturated rings. The van der Waals surface area contributed by atoms with Crippen molar-refractivity contribution in [3.8, 4) is 0 Å². The van der Waals surface area contributed by atoms with E-state index < -0.39 is 0 Å². The summed E-state index contributed by atoms with van der Waals surface area (Å²) in [6, 6.07) is 0.348. The van der Waals surface area contributed by atoms with E-state index in [0.29, 0.717) is 17.9 Å². The van der Waals surface area contributed by atoms with Gasteiger partial charge in [0.15, 0.2) is 5.96 Å². The lowest BCUT2D eigenvalue weighted by Gasteiger charge is -2.21. The van der Waals surface area contributed by atoms with Gasteiger partial charge in [0.05, 0.1) is 0 Å². The summed E-state index contributed by atoms with van der Waals surface area (Å²) in [5, 5.41) is 6.86. The number of rotatable bonds is 4. The van der Waals surface area contributed by atoms with Gasteiger partial charge in [-0.2, -0.15) is 0 Å². The maximum atomic E-state index is 12.4. The minimum absolute atomic E-state index is 0. The largest absolute Gasteiger partial charge is 0.356 e. The Morgan fingerprint density at radius 1 is 1.18 bits per heavy atom. The molecule has 0 aromatic rings. The zero-order valence-corrected chi connectivity index (χ0v) is 15.8. The molecule has 6 heteroatoms. The molecule has 2 aliphatic carbocycles. The van der Waals surface area contributed by atoms with Crippen LogP contribution in [0.3, 0.4) is 0 Å². The molecule has 0 radical (unpaired) electrons. The topological polar surface area (TPSA) is 56.7 Å². The number of aliphatic imine (C=N–C) groups is 1. The van der Waals surface area contributed by atoms with E-state index in [0.717, 1.165) is 50.8 Å². The molecule has 1 heterocycles. The second kappa shape index (κ2) is 8.36. The number of hydrogen-bond donors (Lipinski definition) is 2. The number of halogens is 1. The highest BCUT2D eigenvalue weighted by atomic mass is 127. The van der Waals surface area contributed by atoms with Gasteiger partial charge in [-0.25, -0.2) is 0 Å². The van der Waals surface area contributed by atoms with Gasteiger partial charge in [-0.1, -0.05) is 12.8 Å². The highest BCUT2D eigenvalue weighted by Crippen LogP contribution is 2.28. The van der Waals surface area contributed by atoms with Gasteiger partial charge >= 0.3 is 0 Å². The molecule has 2 saturated carbocycles. The summed E-state index contributed by atoms with van der Waals surface area (Å²) in [5.74, 6) is 2.42. The van der Waals surface area contributed by atoms with Crippen LogP contribution in [0.5, 0.6) is 0 Å². The van der Waals surface area contributed by atoms with Crippen LogP contribution in [-0.2, 0) is 4.79 Å². The minimum Gasteiger partial charge on any atom is -0.356 e. The molecule has 0 bridgehead atoms. The summed E-state index contributed by atoms with van der Waals surface area (Å²) in [6.07, 6.45) is 8.36. The van der Waals surface area contributed by atoms with Gasteiger partial charge in [-0.05, 0) is 38.0 Å². The molecule has 0 aromatic heterocycles. The molecule has 126 valence electrons. The molecule has 1 aliphatic heterocycles. The van der Waals surface area contributed by atoms with Crippen molar-refractivity contribution < 1.29 is 4.79 Å². The summed E-state index contributed by atoms with van der Waals surface area (Å²) < 4.78 is 0. The zero-order chi connectivity index (χ0) is 14.7. The van der Waals surface area contributed by atoms with E-state index in [1.165, 1.54) is 25.7 Å². The highest BCUT2D eigenvalue weighted by Gasteiger charge is 2.32. The third-order valence-electron chi connectivity index (χ3n) is 5.02. The predicted octanol–water partition coefficient (Wildman–Crippen LogP) is 1.97. The van der Waals surface area contributed by atoms with Crippen LogP contribution in [0.4, 0.5) is 0 Å². The molecule has 3 rings (SSSR count). The van der Waals surface area contributed by atoms with Gasteiger partial charge in [-0.3, -0.25) is 9.79 Å². The van der Waals surface area contributed by atoms with E-state index in [9.17, 15) is 4.79 Å². The average Bonchev–Trinajstić information content (AvgIpc) is 2.99. The fourth-order valence-electron chi connectivity index (χ4n) is 3.46. The van der Waals surface area contributed by atoms with Crippen molar-refractivity contribution in [3.05, 3.63) is 0 Å². The summed E-state index contributed by atoms with van der Waals surface area (Å²) in [7, 11) is 1.82. The molecule has 1 saturated heterocycles. The van der Waals surface area contributed by atoms with Crippen LogP contribution < -0.4 is 10.6 Å². The number of likely N-dealkylation sites (tertiary alicyclic amines) is 1. The lowest BCUT2D eigenvalue weighted by molar-refractivity contribution is -0.134. The number of carbonyl (C=O) groups is 1. The Bertz CT molecular complexity index is 405. The summed E-state index contributed by atoms with van der Waals surface area (Å²) in [5.41, 5.74) is 0. The molecule has 0 aromatic carbocycles. The van der Waals surface area contributed by atoms with E-state index in [-0.39, 0.29) is 24.0 Å². The molecule has 22 heavy (non-hydrogen) atoms. The molecule has 1 atom stereocenters. The van der Waals surface area contributed by atoms with Gasteiger partial charge in [0.1, 0.15) is 0 Å². The van der Waals surface area contributed by atoms with E-state index in [4.69, 9.17) is 0 Å². The zero-order valence-electron chi connectivity index (χ0n) is 13.5. The van der Waals surface area contributed by atoms with E-state index in [2.05, 4.69) is 20.5 Å². The van der Waals surface area contributed by atoms with Gasteiger partial charge in [0, 0.05) is 38.6 Å². The maximum Gasteiger partial charge on any atom is 0.225 e. The molecule has 5 nitrogen and oxygen atoms in total. The monoisotopic (exact) mass is 420 g/mol. The van der Waals surface area contributed by atoms with Crippen LogP contribution >= 0.6 is 24.0 Å². The average molecular weight is 420 g/mol. The standard InChI is InChI=1S/C16H28N4O.HI/c1-17-16(18-10-12-6-7-12)19-14-8-9-20(11-14)15(21)13-4-2-3-5-13;/h12-14H,2-11H2,1H3,(H2,17,18,19);1H. The van der Waals surface area contributed by atoms with E-state index >= 15 is 0 Å². The fourth-order valence-corrected chi connectivity index (χ4v) is 3.46. The summed E-state index contributed by atoms with van der Waals surface area (Å²) in [6.45, 7) is 2.75. The van der Waals surface area contributed by atoms with Gasteiger partial charge in [0.25, 0.3) is 0 Å². The van der Waals surface area contributed by atoms with Crippen molar-refractivity contribution in [3.63, 3.8) is 0 Å². The Balaban J connectivity index is 0.00000176. The first-order chi connectivity index (χ1) is 10.3. The SMILES string of the molecule is CN=C(NCC1CC1)NC1CCN(C(=O)C2CCCC2)C1.I. The molecule has 1 unspecified atom stereocenters. The maximum absolute atomic E-state index is 12.4. The van der Waals surface area contributed by atoms with Crippen LogP contribution in [0.25, 0.3) is 0 Å². The Kier molecular flexibility index (Phi) is 6.77. The first-order valence-corrected chi connectivity index (χ1v) is 8.52. The molecular weight excluding hydrogens is 391 g/mol. The first-order valence-electron chi connectivity index (χ1n) is 8.52. The third-order valence-corrected chi connectivity index (χ3v) is 5.02. The van der Waals surface area contributed by atoms with Crippen LogP contribution in [0.15, 0.2) is 4.99 Å². The van der Waals surface area contributed by atoms with Crippen LogP contribution in [0, 0.1) is 11.8 Å². The van der Waals surface area contributed by atoms with Crippen molar-refractivity contribution in [2.24, 2.45) is 16.8 Å². The first kappa shape index (κ1) is 17.8. The van der Waals surface area contributed by atoms with Crippen LogP contribution in [0.1, 0.15) is 44.9 Å². The smallest absolute Gasteiger partial charge is 0.225 e. The number of amides is 1. The van der Waals surface area contributed by atoms with Gasteiger partial charge < -0.3 is 15.5 Å². The quantitative estimate of drug-likeness (QED) is 0.416. The lowest BCUT2D eigenvalue weighted by atomic mass is 10.1. The Hall–Kier alpha value is -0.530. The second-order valence-corrected chi connectivity index (χ2v) is 6.79. The molecule has 0 spiro atoms. The number of nitrogens with zero attached hydrogens (tertiary/aromatic N) is 2. The lowest BCUT2D eigenvalue weighted by Crippen LogP contribution is -2.45. The Morgan fingerprint density at radius 3 is 2.55 bits per heavy atom. The van der Waals surface area contributed by atoms with E-state index in [1.807, 2.05) is 7.05 Å². The normalized spacial score (nSPS) is 26.0. The molecule has 2 N–H and O–H groups in total. The highest BCUT2D eigenvalue weighted by molar-refractivity contribution is 14.0. The van der Waals surface area contributed by atoms with Gasteiger partial charge in [-0.15, -0.1) is 24.0 Å². The summed E-state index contributed by atoms with van der Waals surface area (Å²) >= 11 is 0. The van der Waals surface area contributed by atoms with Gasteiger partial charge in [0.2, 0.25) is 5.91 Å². The number of nitrogens with one attached hydrogen (secondary N) is 2. The number of hydrogen-bond acceptors (Lipinski definition) is 2. The van der Waals surface area contributed by atoms with Crippen LogP contribution in [-0.4, -0.2) is 49.5 Å². The second-order valence-electron chi connectivity index (χ2n) is 6.79. The fraction of sp³-hybridized carbons (Fsp3) is 0.875. The Morgan fingerprint density at radius 2 is 1.91 bits per heavy atom. The number of carbonyl (C=O) groups excluding carboxylic acids is 1. The minimum atomic E-state index is 0. The Labute approximate surface area is 150 Å². The van der Waals surface area contributed by atoms with Crippen LogP contribution in [0.2, 0.25) is 0 Å². The predicted molar refractivity (Wildman–Crippen MR) is 99.6 cm³/mol. The van der Waals surface area contributed by atoms with Crippen molar-refractivity contribution in [2.75, 3.05) is 26.7 Å². The van der Waals surface area contributed by atoms with Crippen molar-refractivity contribution >= 4 is 35.8 Å². The van der Waals surface area contributed by atoms with Crippen molar-refractivity contribution in [1.29, 1.82) is 0 Å².